The number of Topliss-reactive ketones (excluding diaryl/α,β-unsaturated/α-hetero) is 1. The summed E-state index contributed by atoms with van der Waals surface area (Å²) in [5, 5.41) is 4.05. The van der Waals surface area contributed by atoms with Crippen molar-refractivity contribution in [2.24, 2.45) is 13.0 Å². The first-order valence-electron chi connectivity index (χ1n) is 10.1. The predicted molar refractivity (Wildman–Crippen MR) is 108 cm³/mol. The summed E-state index contributed by atoms with van der Waals surface area (Å²) in [6, 6.07) is 1.19. The van der Waals surface area contributed by atoms with E-state index >= 15 is 0 Å². The van der Waals surface area contributed by atoms with Crippen LogP contribution in [-0.4, -0.2) is 48.8 Å². The number of rotatable bonds is 6. The number of amides is 1. The van der Waals surface area contributed by atoms with Crippen LogP contribution >= 0.6 is 0 Å². The van der Waals surface area contributed by atoms with E-state index in [1.807, 2.05) is 0 Å². The van der Waals surface area contributed by atoms with Crippen molar-refractivity contribution in [3.8, 4) is 0 Å². The Morgan fingerprint density at radius 1 is 1.23 bits per heavy atom. The molecular formula is C21H24FN5O3. The van der Waals surface area contributed by atoms with E-state index in [2.05, 4.69) is 10.1 Å². The average Bonchev–Trinajstić information content (AvgIpc) is 3.33. The maximum atomic E-state index is 13.3. The first-order valence-corrected chi connectivity index (χ1v) is 10.1. The van der Waals surface area contributed by atoms with Gasteiger partial charge in [0.25, 0.3) is 5.56 Å². The SMILES string of the molecule is Cn1cc(C(=O)C2CCN(C(=O)CCCc3cn4cc(F)cc4c(=O)[nH]3)CC2)cn1. The quantitative estimate of drug-likeness (QED) is 0.625. The minimum atomic E-state index is -0.460. The van der Waals surface area contributed by atoms with Crippen molar-refractivity contribution in [1.82, 2.24) is 24.1 Å². The maximum Gasteiger partial charge on any atom is 0.272 e. The molecule has 158 valence electrons. The number of carbonyl (C=O) groups is 2. The van der Waals surface area contributed by atoms with Gasteiger partial charge in [-0.15, -0.1) is 0 Å². The number of halogens is 1. The minimum Gasteiger partial charge on any atom is -0.343 e. The molecule has 4 heterocycles. The second kappa shape index (κ2) is 8.25. The van der Waals surface area contributed by atoms with Gasteiger partial charge in [0, 0.05) is 62.8 Å². The van der Waals surface area contributed by atoms with Gasteiger partial charge in [0.1, 0.15) is 11.3 Å². The molecule has 0 aromatic carbocycles. The van der Waals surface area contributed by atoms with Gasteiger partial charge < -0.3 is 14.3 Å². The fraction of sp³-hybridized carbons (Fsp3) is 0.429. The standard InChI is InChI=1S/C21H24FN5O3/c1-25-11-15(10-23-25)20(29)14-5-7-26(8-6-14)19(28)4-2-3-17-13-27-12-16(22)9-18(27)21(30)24-17/h9-14H,2-8H2,1H3,(H,24,30). The number of aromatic nitrogens is 4. The number of piperidine rings is 1. The lowest BCUT2D eigenvalue weighted by atomic mass is 9.90. The zero-order valence-corrected chi connectivity index (χ0v) is 16.8. The van der Waals surface area contributed by atoms with E-state index in [1.165, 1.54) is 16.7 Å². The molecule has 0 spiro atoms. The summed E-state index contributed by atoms with van der Waals surface area (Å²) in [6.07, 6.45) is 9.03. The van der Waals surface area contributed by atoms with Gasteiger partial charge >= 0.3 is 0 Å². The van der Waals surface area contributed by atoms with Gasteiger partial charge in [-0.1, -0.05) is 0 Å². The summed E-state index contributed by atoms with van der Waals surface area (Å²) in [4.78, 5) is 41.6. The van der Waals surface area contributed by atoms with Gasteiger partial charge in [-0.05, 0) is 25.7 Å². The molecule has 0 radical (unpaired) electrons. The van der Waals surface area contributed by atoms with Crippen LogP contribution in [-0.2, 0) is 18.3 Å². The number of nitrogens with one attached hydrogen (secondary N) is 1. The molecule has 0 aliphatic carbocycles. The molecule has 3 aromatic heterocycles. The van der Waals surface area contributed by atoms with E-state index in [0.717, 1.165) is 0 Å². The van der Waals surface area contributed by atoms with Crippen molar-refractivity contribution in [2.75, 3.05) is 13.1 Å². The number of aromatic amines is 1. The third-order valence-electron chi connectivity index (χ3n) is 5.66. The number of hydrogen-bond acceptors (Lipinski definition) is 4. The maximum absolute atomic E-state index is 13.3. The van der Waals surface area contributed by atoms with Crippen molar-refractivity contribution in [3.05, 3.63) is 58.3 Å². The molecule has 1 aliphatic heterocycles. The Morgan fingerprint density at radius 3 is 2.70 bits per heavy atom. The van der Waals surface area contributed by atoms with Gasteiger partial charge in [0.15, 0.2) is 5.78 Å². The number of ketones is 1. The average molecular weight is 413 g/mol. The number of likely N-dealkylation sites (tertiary alicyclic amines) is 1. The van der Waals surface area contributed by atoms with Crippen LogP contribution in [0.2, 0.25) is 0 Å². The molecule has 1 saturated heterocycles. The third kappa shape index (κ3) is 4.19. The predicted octanol–water partition coefficient (Wildman–Crippen LogP) is 1.94. The fourth-order valence-electron chi connectivity index (χ4n) is 4.03. The van der Waals surface area contributed by atoms with Crippen LogP contribution in [0.3, 0.4) is 0 Å². The number of aryl methyl sites for hydroxylation is 2. The van der Waals surface area contributed by atoms with E-state index in [-0.39, 0.29) is 28.7 Å². The molecular weight excluding hydrogens is 389 g/mol. The van der Waals surface area contributed by atoms with Crippen LogP contribution in [0.15, 0.2) is 35.6 Å². The second-order valence-corrected chi connectivity index (χ2v) is 7.83. The van der Waals surface area contributed by atoms with Crippen molar-refractivity contribution < 1.29 is 14.0 Å². The largest absolute Gasteiger partial charge is 0.343 e. The van der Waals surface area contributed by atoms with E-state index in [9.17, 15) is 18.8 Å². The highest BCUT2D eigenvalue weighted by Gasteiger charge is 2.28. The Bertz CT molecular complexity index is 1140. The molecule has 4 rings (SSSR count). The molecule has 0 bridgehead atoms. The lowest BCUT2D eigenvalue weighted by Gasteiger charge is -2.31. The van der Waals surface area contributed by atoms with Crippen LogP contribution in [0.4, 0.5) is 4.39 Å². The summed E-state index contributed by atoms with van der Waals surface area (Å²) in [7, 11) is 1.78. The Labute approximate surface area is 172 Å². The number of nitrogens with zero attached hydrogens (tertiary/aromatic N) is 4. The molecule has 1 amide bonds. The molecule has 0 saturated carbocycles. The topological polar surface area (TPSA) is 92.5 Å². The van der Waals surface area contributed by atoms with Crippen LogP contribution in [0.1, 0.15) is 41.7 Å². The van der Waals surface area contributed by atoms with Crippen LogP contribution in [0.25, 0.3) is 5.52 Å². The van der Waals surface area contributed by atoms with E-state index in [4.69, 9.17) is 0 Å². The monoisotopic (exact) mass is 413 g/mol. The third-order valence-corrected chi connectivity index (χ3v) is 5.66. The molecule has 3 aromatic rings. The normalized spacial score (nSPS) is 15.1. The number of fused-ring (bicyclic) bond motifs is 1. The van der Waals surface area contributed by atoms with Gasteiger partial charge in [-0.3, -0.25) is 19.1 Å². The first-order chi connectivity index (χ1) is 14.4. The van der Waals surface area contributed by atoms with Crippen molar-refractivity contribution in [2.45, 2.75) is 32.1 Å². The lowest BCUT2D eigenvalue weighted by molar-refractivity contribution is -0.132. The summed E-state index contributed by atoms with van der Waals surface area (Å²) < 4.78 is 16.4. The van der Waals surface area contributed by atoms with Gasteiger partial charge in [0.05, 0.1) is 11.8 Å². The minimum absolute atomic E-state index is 0.0534. The van der Waals surface area contributed by atoms with Crippen molar-refractivity contribution >= 4 is 17.2 Å². The van der Waals surface area contributed by atoms with E-state index < -0.39 is 5.82 Å². The Kier molecular flexibility index (Phi) is 5.52. The number of hydrogen-bond donors (Lipinski definition) is 1. The van der Waals surface area contributed by atoms with Crippen LogP contribution in [0, 0.1) is 11.7 Å². The van der Waals surface area contributed by atoms with Crippen molar-refractivity contribution in [1.29, 1.82) is 0 Å². The molecule has 1 aliphatic rings. The van der Waals surface area contributed by atoms with E-state index in [0.29, 0.717) is 56.5 Å². The molecule has 0 atom stereocenters. The first kappa shape index (κ1) is 20.1. The second-order valence-electron chi connectivity index (χ2n) is 7.83. The lowest BCUT2D eigenvalue weighted by Crippen LogP contribution is -2.40. The Hall–Kier alpha value is -3.23. The Balaban J connectivity index is 1.26. The van der Waals surface area contributed by atoms with Gasteiger partial charge in [-0.2, -0.15) is 5.10 Å². The summed E-state index contributed by atoms with van der Waals surface area (Å²) in [5.41, 5.74) is 1.20. The summed E-state index contributed by atoms with van der Waals surface area (Å²) >= 11 is 0. The van der Waals surface area contributed by atoms with Crippen LogP contribution in [0.5, 0.6) is 0 Å². The highest BCUT2D eigenvalue weighted by Crippen LogP contribution is 2.22. The highest BCUT2D eigenvalue weighted by atomic mass is 19.1. The van der Waals surface area contributed by atoms with Gasteiger partial charge in [-0.25, -0.2) is 4.39 Å². The van der Waals surface area contributed by atoms with Gasteiger partial charge in [0.2, 0.25) is 5.91 Å². The van der Waals surface area contributed by atoms with Crippen LogP contribution < -0.4 is 5.56 Å². The smallest absolute Gasteiger partial charge is 0.272 e. The zero-order chi connectivity index (χ0) is 21.3. The highest BCUT2D eigenvalue weighted by molar-refractivity contribution is 5.97. The zero-order valence-electron chi connectivity index (χ0n) is 16.8. The molecule has 8 nitrogen and oxygen atoms in total. The molecule has 30 heavy (non-hydrogen) atoms. The number of H-pyrrole nitrogens is 1. The molecule has 1 N–H and O–H groups in total. The Morgan fingerprint density at radius 2 is 2.00 bits per heavy atom. The van der Waals surface area contributed by atoms with Crippen molar-refractivity contribution in [3.63, 3.8) is 0 Å². The fourth-order valence-corrected chi connectivity index (χ4v) is 4.03. The van der Waals surface area contributed by atoms with E-state index in [1.54, 1.807) is 35.2 Å². The summed E-state index contributed by atoms with van der Waals surface area (Å²) in [5.74, 6) is -0.385. The number of carbonyl (C=O) groups excluding carboxylic acids is 2. The molecule has 9 heteroatoms. The summed E-state index contributed by atoms with van der Waals surface area (Å²) in [6.45, 7) is 1.14. The molecule has 0 unspecified atom stereocenters. The molecule has 1 fully saturated rings.